The number of fused-ring (bicyclic) bond motifs is 2. The maximum absolute atomic E-state index is 13.9. The predicted molar refractivity (Wildman–Crippen MR) is 174 cm³/mol. The van der Waals surface area contributed by atoms with Crippen molar-refractivity contribution < 1.29 is 42.7 Å². The topological polar surface area (TPSA) is 133 Å². The van der Waals surface area contributed by atoms with Gasteiger partial charge in [0.15, 0.2) is 0 Å². The van der Waals surface area contributed by atoms with Gasteiger partial charge in [-0.05, 0) is 105 Å². The second-order valence-electron chi connectivity index (χ2n) is 17.2. The number of esters is 1. The van der Waals surface area contributed by atoms with Crippen molar-refractivity contribution in [3.8, 4) is 0 Å². The Morgan fingerprint density at radius 3 is 2.28 bits per heavy atom. The number of hydrogen-bond acceptors (Lipinski definition) is 9. The second kappa shape index (κ2) is 12.1. The summed E-state index contributed by atoms with van der Waals surface area (Å²) in [7, 11) is 0.974. The maximum Gasteiger partial charge on any atom is 0.457 e. The van der Waals surface area contributed by atoms with E-state index in [-0.39, 0.29) is 49.7 Å². The molecular formula is C34H56BN3O9. The third-order valence-electron chi connectivity index (χ3n) is 11.6. The van der Waals surface area contributed by atoms with Crippen LogP contribution in [0.1, 0.15) is 101 Å². The highest BCUT2D eigenvalue weighted by molar-refractivity contribution is 6.45. The molecule has 47 heavy (non-hydrogen) atoms. The summed E-state index contributed by atoms with van der Waals surface area (Å²) in [4.78, 5) is 57.0. The molecular weight excluding hydrogens is 605 g/mol. The van der Waals surface area contributed by atoms with Gasteiger partial charge in [-0.3, -0.25) is 9.69 Å². The Bertz CT molecular complexity index is 1260. The molecule has 0 aromatic rings. The zero-order valence-corrected chi connectivity index (χ0v) is 30.3. The van der Waals surface area contributed by atoms with Crippen LogP contribution in [-0.2, 0) is 33.1 Å². The highest BCUT2D eigenvalue weighted by Gasteiger charge is 2.68. The van der Waals surface area contributed by atoms with Gasteiger partial charge in [-0.25, -0.2) is 14.4 Å². The fraction of sp³-hybridized carbons (Fsp3) is 0.882. The maximum atomic E-state index is 13.9. The minimum Gasteiger partial charge on any atom is -0.467 e. The summed E-state index contributed by atoms with van der Waals surface area (Å²) in [5, 5.41) is 2.65. The van der Waals surface area contributed by atoms with Crippen molar-refractivity contribution in [1.29, 1.82) is 0 Å². The minimum atomic E-state index is -1.30. The summed E-state index contributed by atoms with van der Waals surface area (Å²) in [6.07, 6.45) is 2.93. The van der Waals surface area contributed by atoms with Crippen LogP contribution in [0.3, 0.4) is 0 Å². The predicted octanol–water partition coefficient (Wildman–Crippen LogP) is 4.79. The Balaban J connectivity index is 1.35. The molecule has 0 aromatic carbocycles. The standard InChI is InChI=1S/C34H56BN3O9/c1-20(36-28(41)44-30(2,3)4)26(39)37-16-14-34(27(40)43-11)22(23(37)19-38(34)29(42)45-31(5,6)7)13-12-15-35-46-25-18-21-17-24(32(21,8)9)33(25,10)47-35/h20-25H,12-19H2,1-11H3,(H,36,41)/t20-,21-,22+,23-,24-,25+,33-,34+/m0/s1. The molecule has 3 aliphatic heterocycles. The van der Waals surface area contributed by atoms with Gasteiger partial charge in [-0.2, -0.15) is 0 Å². The molecule has 0 aromatic heterocycles. The van der Waals surface area contributed by atoms with Gasteiger partial charge in [-0.15, -0.1) is 0 Å². The van der Waals surface area contributed by atoms with Crippen molar-refractivity contribution in [2.24, 2.45) is 23.2 Å². The first-order valence-electron chi connectivity index (χ1n) is 17.4. The van der Waals surface area contributed by atoms with E-state index in [2.05, 4.69) is 26.1 Å². The van der Waals surface area contributed by atoms with E-state index in [0.29, 0.717) is 31.0 Å². The number of nitrogens with zero attached hydrogens (tertiary/aromatic N) is 2. The smallest absolute Gasteiger partial charge is 0.457 e. The normalized spacial score (nSPS) is 34.6. The molecule has 3 aliphatic carbocycles. The number of ether oxygens (including phenoxy) is 3. The molecule has 6 aliphatic rings. The number of piperidine rings is 1. The van der Waals surface area contributed by atoms with Crippen molar-refractivity contribution in [2.45, 2.75) is 148 Å². The van der Waals surface area contributed by atoms with Gasteiger partial charge in [0, 0.05) is 19.0 Å². The van der Waals surface area contributed by atoms with Crippen LogP contribution >= 0.6 is 0 Å². The lowest BCUT2D eigenvalue weighted by atomic mass is 9.43. The lowest BCUT2D eigenvalue weighted by Crippen LogP contribution is -2.65. The van der Waals surface area contributed by atoms with E-state index in [9.17, 15) is 19.2 Å². The van der Waals surface area contributed by atoms with Crippen molar-refractivity contribution in [3.63, 3.8) is 0 Å². The van der Waals surface area contributed by atoms with Gasteiger partial charge in [0.2, 0.25) is 5.91 Å². The molecule has 1 N–H and O–H groups in total. The van der Waals surface area contributed by atoms with Crippen molar-refractivity contribution in [2.75, 3.05) is 20.2 Å². The van der Waals surface area contributed by atoms with Crippen LogP contribution in [0.2, 0.25) is 6.32 Å². The van der Waals surface area contributed by atoms with Gasteiger partial charge in [-0.1, -0.05) is 20.3 Å². The van der Waals surface area contributed by atoms with Crippen molar-refractivity contribution in [3.05, 3.63) is 0 Å². The lowest BCUT2D eigenvalue weighted by molar-refractivity contribution is -0.199. The van der Waals surface area contributed by atoms with Gasteiger partial charge < -0.3 is 33.7 Å². The average Bonchev–Trinajstić information content (AvgIpc) is 3.38. The Kier molecular flexibility index (Phi) is 9.21. The van der Waals surface area contributed by atoms with E-state index in [4.69, 9.17) is 23.5 Å². The molecule has 0 unspecified atom stereocenters. The molecule has 3 saturated heterocycles. The second-order valence-corrected chi connectivity index (χ2v) is 17.2. The largest absolute Gasteiger partial charge is 0.467 e. The summed E-state index contributed by atoms with van der Waals surface area (Å²) in [5.41, 5.74) is -2.88. The summed E-state index contributed by atoms with van der Waals surface area (Å²) < 4.78 is 29.7. The van der Waals surface area contributed by atoms with E-state index in [0.717, 1.165) is 6.42 Å². The third kappa shape index (κ3) is 6.35. The number of likely N-dealkylation sites (tertiary alicyclic amines) is 2. The summed E-state index contributed by atoms with van der Waals surface area (Å²) in [6, 6.07) is -1.38. The van der Waals surface area contributed by atoms with E-state index >= 15 is 0 Å². The van der Waals surface area contributed by atoms with Crippen LogP contribution in [-0.4, -0.2) is 102 Å². The molecule has 264 valence electrons. The zero-order valence-electron chi connectivity index (χ0n) is 30.3. The Labute approximate surface area is 280 Å². The summed E-state index contributed by atoms with van der Waals surface area (Å²) >= 11 is 0. The van der Waals surface area contributed by atoms with Crippen molar-refractivity contribution in [1.82, 2.24) is 15.1 Å². The number of rotatable bonds is 7. The first-order valence-corrected chi connectivity index (χ1v) is 17.4. The molecule has 6 fully saturated rings. The van der Waals surface area contributed by atoms with Crippen LogP contribution in [0.4, 0.5) is 9.59 Å². The average molecular weight is 662 g/mol. The monoisotopic (exact) mass is 661 g/mol. The Hall–Kier alpha value is -2.54. The minimum absolute atomic E-state index is 0.0753. The number of alkyl carbamates (subject to hydrolysis) is 1. The van der Waals surface area contributed by atoms with Crippen molar-refractivity contribution >= 4 is 31.2 Å². The van der Waals surface area contributed by atoms with E-state index in [1.165, 1.54) is 18.4 Å². The van der Waals surface area contributed by atoms with Crippen LogP contribution < -0.4 is 5.32 Å². The first-order chi connectivity index (χ1) is 21.6. The van der Waals surface area contributed by atoms with Gasteiger partial charge in [0.25, 0.3) is 0 Å². The van der Waals surface area contributed by atoms with Gasteiger partial charge in [0.1, 0.15) is 22.8 Å². The number of methoxy groups -OCH3 is 1. The van der Waals surface area contributed by atoms with Gasteiger partial charge in [0.05, 0.1) is 24.9 Å². The molecule has 0 spiro atoms. The molecule has 8 atom stereocenters. The van der Waals surface area contributed by atoms with Gasteiger partial charge >= 0.3 is 25.3 Å². The number of carbonyl (C=O) groups excluding carboxylic acids is 4. The van der Waals surface area contributed by atoms with Crippen LogP contribution in [0.15, 0.2) is 0 Å². The van der Waals surface area contributed by atoms with Crippen LogP contribution in [0.5, 0.6) is 0 Å². The number of carbonyl (C=O) groups is 4. The molecule has 13 heteroatoms. The third-order valence-corrected chi connectivity index (χ3v) is 11.6. The molecule has 3 heterocycles. The fourth-order valence-corrected chi connectivity index (χ4v) is 9.26. The highest BCUT2D eigenvalue weighted by Crippen LogP contribution is 2.66. The molecule has 0 radical (unpaired) electrons. The van der Waals surface area contributed by atoms with Crippen LogP contribution in [0, 0.1) is 23.2 Å². The number of nitrogens with one attached hydrogen (secondary N) is 1. The number of hydrogen-bond donors (Lipinski definition) is 1. The summed E-state index contributed by atoms with van der Waals surface area (Å²) in [5.74, 6) is -0.146. The quantitative estimate of drug-likeness (QED) is 0.232. The Morgan fingerprint density at radius 2 is 1.68 bits per heavy atom. The molecule has 4 bridgehead atoms. The fourth-order valence-electron chi connectivity index (χ4n) is 9.26. The van der Waals surface area contributed by atoms with E-state index < -0.39 is 52.9 Å². The molecule has 3 amide bonds. The molecule has 3 saturated carbocycles. The highest BCUT2D eigenvalue weighted by atomic mass is 16.7. The first kappa shape index (κ1) is 35.8. The zero-order chi connectivity index (χ0) is 34.9. The van der Waals surface area contributed by atoms with E-state index in [1.807, 2.05) is 0 Å². The lowest BCUT2D eigenvalue weighted by Gasteiger charge is -2.64. The van der Waals surface area contributed by atoms with Crippen LogP contribution in [0.25, 0.3) is 0 Å². The number of amides is 3. The molecule has 12 nitrogen and oxygen atoms in total. The molecule has 6 rings (SSSR count). The summed E-state index contributed by atoms with van der Waals surface area (Å²) in [6.45, 7) is 19.4. The Morgan fingerprint density at radius 1 is 1.02 bits per heavy atom. The van der Waals surface area contributed by atoms with E-state index in [1.54, 1.807) is 53.4 Å². The SMILES string of the molecule is COC(=O)[C@]12CCN(C(=O)[C@H](C)NC(=O)OC(C)(C)C)[C@@H](CN1C(=O)OC(C)(C)C)[C@H]2CCCB1O[C@@H]2C[C@@H]3C[C@@H](C3(C)C)[C@]2(C)O1.